The summed E-state index contributed by atoms with van der Waals surface area (Å²) < 4.78 is 28.0. The topological polar surface area (TPSA) is 97.7 Å². The second-order valence-corrected chi connectivity index (χ2v) is 11.5. The zero-order valence-corrected chi connectivity index (χ0v) is 28.2. The number of carbonyl (C=O) groups excluding carboxylic acids is 1. The van der Waals surface area contributed by atoms with Crippen LogP contribution >= 0.6 is 0 Å². The van der Waals surface area contributed by atoms with E-state index in [4.69, 9.17) is 33.8 Å². The molecule has 48 heavy (non-hydrogen) atoms. The van der Waals surface area contributed by atoms with E-state index in [9.17, 15) is 4.79 Å². The molecule has 0 aliphatic carbocycles. The Morgan fingerprint density at radius 1 is 0.854 bits per heavy atom. The van der Waals surface area contributed by atoms with Crippen LogP contribution in [0.4, 0.5) is 5.69 Å². The first-order valence-electron chi connectivity index (χ1n) is 16.0. The number of carbonyl (C=O) groups is 1. The number of rotatable bonds is 11. The van der Waals surface area contributed by atoms with E-state index in [1.807, 2.05) is 71.6 Å². The summed E-state index contributed by atoms with van der Waals surface area (Å²) in [4.78, 5) is 23.3. The Bertz CT molecular complexity index is 1800. The van der Waals surface area contributed by atoms with E-state index in [0.717, 1.165) is 46.6 Å². The molecule has 0 spiro atoms. The van der Waals surface area contributed by atoms with Crippen molar-refractivity contribution in [1.29, 1.82) is 0 Å². The molecule has 0 radical (unpaired) electrons. The smallest absolute Gasteiger partial charge is 0.376 e. The van der Waals surface area contributed by atoms with Crippen molar-refractivity contribution in [3.63, 3.8) is 0 Å². The summed E-state index contributed by atoms with van der Waals surface area (Å²) in [6, 6.07) is 21.0. The fraction of sp³-hybridized carbons (Fsp3) is 0.324. The molecule has 3 aromatic carbocycles. The van der Waals surface area contributed by atoms with Crippen molar-refractivity contribution in [2.24, 2.45) is 10.1 Å². The number of esters is 1. The van der Waals surface area contributed by atoms with Crippen LogP contribution in [0, 0.1) is 0 Å². The maximum Gasteiger partial charge on any atom is 0.376 e. The van der Waals surface area contributed by atoms with E-state index < -0.39 is 12.0 Å². The van der Waals surface area contributed by atoms with Gasteiger partial charge in [-0.05, 0) is 84.6 Å². The van der Waals surface area contributed by atoms with Crippen LogP contribution in [-0.4, -0.2) is 82.2 Å². The average molecular weight is 652 g/mol. The number of nitrogens with zero attached hydrogens (tertiary/aromatic N) is 5. The Hall–Kier alpha value is -5.29. The Morgan fingerprint density at radius 2 is 1.54 bits per heavy atom. The fourth-order valence-electron chi connectivity index (χ4n) is 6.41. The summed E-state index contributed by atoms with van der Waals surface area (Å²) in [6.45, 7) is 6.38. The maximum atomic E-state index is 13.6. The molecule has 3 aliphatic rings. The molecule has 0 amide bonds. The lowest BCUT2D eigenvalue weighted by Gasteiger charge is -2.42. The number of benzene rings is 3. The summed E-state index contributed by atoms with van der Waals surface area (Å²) in [6.07, 6.45) is 3.13. The van der Waals surface area contributed by atoms with Crippen molar-refractivity contribution in [2.75, 3.05) is 59.7 Å². The van der Waals surface area contributed by atoms with Gasteiger partial charge in [-0.2, -0.15) is 5.01 Å². The van der Waals surface area contributed by atoms with Crippen molar-refractivity contribution in [3.8, 4) is 23.0 Å². The van der Waals surface area contributed by atoms with Crippen LogP contribution in [0.2, 0.25) is 0 Å². The maximum absolute atomic E-state index is 13.6. The number of anilines is 1. The Labute approximate surface area is 281 Å². The molecule has 0 N–H and O–H groups in total. The highest BCUT2D eigenvalue weighted by atomic mass is 16.5. The van der Waals surface area contributed by atoms with E-state index in [-0.39, 0.29) is 12.4 Å². The number of hydrazone groups is 1. The number of ether oxygens (including phenoxy) is 5. The van der Waals surface area contributed by atoms with E-state index >= 15 is 0 Å². The number of fused-ring (bicyclic) bond motifs is 1. The molecule has 3 heterocycles. The van der Waals surface area contributed by atoms with Gasteiger partial charge in [-0.1, -0.05) is 37.3 Å². The highest BCUT2D eigenvalue weighted by Crippen LogP contribution is 2.45. The Kier molecular flexibility index (Phi) is 9.67. The van der Waals surface area contributed by atoms with Crippen molar-refractivity contribution in [1.82, 2.24) is 9.80 Å². The first kappa shape index (κ1) is 32.6. The summed E-state index contributed by atoms with van der Waals surface area (Å²) in [5.74, 6) is 2.62. The number of aliphatic imine (C=N–C) groups is 1. The van der Waals surface area contributed by atoms with Gasteiger partial charge < -0.3 is 23.7 Å². The molecular weight excluding hydrogens is 610 g/mol. The first-order valence-corrected chi connectivity index (χ1v) is 16.0. The summed E-state index contributed by atoms with van der Waals surface area (Å²) in [5.41, 5.74) is 5.53. The summed E-state index contributed by atoms with van der Waals surface area (Å²) >= 11 is 0. The summed E-state index contributed by atoms with van der Waals surface area (Å²) in [5, 5.41) is 6.58. The van der Waals surface area contributed by atoms with Crippen LogP contribution in [0.5, 0.6) is 23.0 Å². The molecule has 0 saturated carbocycles. The van der Waals surface area contributed by atoms with Gasteiger partial charge in [0.25, 0.3) is 0 Å². The zero-order chi connectivity index (χ0) is 33.8. The van der Waals surface area contributed by atoms with E-state index in [1.54, 1.807) is 40.4 Å². The molecule has 11 nitrogen and oxygen atoms in total. The number of para-hydroxylation sites is 1. The Morgan fingerprint density at radius 3 is 2.21 bits per heavy atom. The average Bonchev–Trinajstić information content (AvgIpc) is 3.50. The monoisotopic (exact) mass is 651 g/mol. The fourth-order valence-corrected chi connectivity index (χ4v) is 6.41. The van der Waals surface area contributed by atoms with Crippen LogP contribution in [0.25, 0.3) is 6.08 Å². The zero-order valence-electron chi connectivity index (χ0n) is 28.2. The lowest BCUT2D eigenvalue weighted by molar-refractivity contribution is -0.135. The molecule has 0 fully saturated rings. The molecular formula is C37H41N5O6. The molecule has 0 saturated heterocycles. The molecule has 250 valence electrons. The second kappa shape index (κ2) is 14.2. The predicted molar refractivity (Wildman–Crippen MR) is 186 cm³/mol. The lowest BCUT2D eigenvalue weighted by atomic mass is 9.87. The normalized spacial score (nSPS) is 18.2. The molecule has 0 aromatic heterocycles. The van der Waals surface area contributed by atoms with Crippen molar-refractivity contribution in [2.45, 2.75) is 26.3 Å². The van der Waals surface area contributed by atoms with Gasteiger partial charge in [-0.3, -0.25) is 9.80 Å². The molecule has 1 atom stereocenters. The van der Waals surface area contributed by atoms with Gasteiger partial charge in [0, 0.05) is 13.1 Å². The highest BCUT2D eigenvalue weighted by Gasteiger charge is 2.47. The number of methoxy groups -OCH3 is 4. The lowest BCUT2D eigenvalue weighted by Crippen LogP contribution is -2.49. The van der Waals surface area contributed by atoms with Gasteiger partial charge in [0.2, 0.25) is 11.8 Å². The molecule has 1 unspecified atom stereocenters. The van der Waals surface area contributed by atoms with Crippen LogP contribution in [0.1, 0.15) is 37.4 Å². The number of amidine groups is 1. The van der Waals surface area contributed by atoms with Gasteiger partial charge in [0.15, 0.2) is 23.0 Å². The van der Waals surface area contributed by atoms with Gasteiger partial charge in [0.1, 0.15) is 0 Å². The molecule has 0 bridgehead atoms. The minimum absolute atomic E-state index is 0.156. The Balaban J connectivity index is 1.60. The quantitative estimate of drug-likeness (QED) is 0.235. The summed E-state index contributed by atoms with van der Waals surface area (Å²) in [7, 11) is 6.49. The minimum Gasteiger partial charge on any atom is -0.493 e. The van der Waals surface area contributed by atoms with Gasteiger partial charge in [0.05, 0.1) is 52.5 Å². The van der Waals surface area contributed by atoms with Crippen LogP contribution in [0.3, 0.4) is 0 Å². The largest absolute Gasteiger partial charge is 0.493 e. The van der Waals surface area contributed by atoms with Gasteiger partial charge in [-0.15, -0.1) is 5.10 Å². The van der Waals surface area contributed by atoms with Crippen molar-refractivity contribution in [3.05, 3.63) is 94.7 Å². The molecule has 11 heteroatoms. The number of hydrogen-bond acceptors (Lipinski definition) is 11. The van der Waals surface area contributed by atoms with Crippen LogP contribution in [-0.2, 0) is 9.53 Å². The van der Waals surface area contributed by atoms with Crippen LogP contribution < -0.4 is 24.0 Å². The van der Waals surface area contributed by atoms with E-state index in [1.165, 1.54) is 0 Å². The predicted octanol–water partition coefficient (Wildman–Crippen LogP) is 5.89. The highest BCUT2D eigenvalue weighted by molar-refractivity contribution is 6.41. The van der Waals surface area contributed by atoms with Crippen molar-refractivity contribution >= 4 is 29.5 Å². The van der Waals surface area contributed by atoms with E-state index in [0.29, 0.717) is 42.0 Å². The third-order valence-corrected chi connectivity index (χ3v) is 8.49. The van der Waals surface area contributed by atoms with Crippen LogP contribution in [0.15, 0.2) is 93.7 Å². The number of hydrogen-bond donors (Lipinski definition) is 0. The third-order valence-electron chi connectivity index (χ3n) is 8.49. The molecule has 3 aromatic rings. The first-order chi connectivity index (χ1) is 23.4. The van der Waals surface area contributed by atoms with Gasteiger partial charge in [-0.25, -0.2) is 9.79 Å². The van der Waals surface area contributed by atoms with Gasteiger partial charge >= 0.3 is 5.97 Å². The standard InChI is InChI=1S/C37H41N5O6/c1-7-18-40-22-26(19-24-14-16-29(44-3)31(20-24)46-5)33-28(23-40)34(25-15-17-30(45-4)32(21-25)47-6)41-35(36(43)48-8-2)39-42(37(41)38-33)27-12-10-9-11-13-27/h9-17,19-21,34H,7-8,18,22-23H2,1-6H3. The second-order valence-electron chi connectivity index (χ2n) is 11.5. The van der Waals surface area contributed by atoms with E-state index in [2.05, 4.69) is 17.9 Å². The SMILES string of the molecule is CCCN1CC(=Cc2ccc(OC)c(OC)c2)C2=C(C1)C(c1ccc(OC)c(OC)c1)N1C(C(=O)OCC)=NN(c3ccccc3)C1=N2. The molecule has 3 aliphatic heterocycles. The molecule has 6 rings (SSSR count). The van der Waals surface area contributed by atoms with Crippen molar-refractivity contribution < 1.29 is 28.5 Å². The minimum atomic E-state index is -0.527. The number of guanidine groups is 1. The third kappa shape index (κ3) is 6.09.